The van der Waals surface area contributed by atoms with E-state index in [0.717, 1.165) is 56.8 Å². The Morgan fingerprint density at radius 3 is 2.15 bits per heavy atom. The van der Waals surface area contributed by atoms with Crippen LogP contribution in [0.4, 0.5) is 5.95 Å². The van der Waals surface area contributed by atoms with Crippen LogP contribution >= 0.6 is 0 Å². The van der Waals surface area contributed by atoms with E-state index in [1.807, 2.05) is 17.0 Å². The average molecular weight is 529 g/mol. The number of hydrogen-bond acceptors (Lipinski definition) is 6. The SMILES string of the molecule is CCCCc1ccc(C(=O)N2CCN(c3nc(CN4CCN(Cc5ccccc5)CC4)cc(=O)[nH]3)CC2)cc1. The molecule has 8 nitrogen and oxygen atoms in total. The normalized spacial score (nSPS) is 16.9. The molecule has 0 bridgehead atoms. The maximum absolute atomic E-state index is 13.0. The Morgan fingerprint density at radius 1 is 0.821 bits per heavy atom. The highest BCUT2D eigenvalue weighted by Crippen LogP contribution is 2.16. The van der Waals surface area contributed by atoms with Crippen LogP contribution in [0.15, 0.2) is 65.5 Å². The summed E-state index contributed by atoms with van der Waals surface area (Å²) in [5.74, 6) is 0.672. The van der Waals surface area contributed by atoms with Gasteiger partial charge in [0.25, 0.3) is 11.5 Å². The third-order valence-corrected chi connectivity index (χ3v) is 7.77. The van der Waals surface area contributed by atoms with E-state index in [1.54, 1.807) is 6.07 Å². The van der Waals surface area contributed by atoms with Crippen molar-refractivity contribution in [2.24, 2.45) is 0 Å². The molecule has 1 amide bonds. The van der Waals surface area contributed by atoms with E-state index >= 15 is 0 Å². The van der Waals surface area contributed by atoms with Crippen LogP contribution < -0.4 is 10.5 Å². The maximum Gasteiger partial charge on any atom is 0.253 e. The average Bonchev–Trinajstić information content (AvgIpc) is 2.97. The Kier molecular flexibility index (Phi) is 9.06. The Morgan fingerprint density at radius 2 is 1.49 bits per heavy atom. The van der Waals surface area contributed by atoms with Crippen LogP contribution in [0.25, 0.3) is 0 Å². The lowest BCUT2D eigenvalue weighted by Crippen LogP contribution is -2.49. The minimum atomic E-state index is -0.126. The van der Waals surface area contributed by atoms with Crippen molar-refractivity contribution in [3.05, 3.63) is 93.4 Å². The predicted molar refractivity (Wildman–Crippen MR) is 155 cm³/mol. The van der Waals surface area contributed by atoms with E-state index in [-0.39, 0.29) is 11.5 Å². The fourth-order valence-electron chi connectivity index (χ4n) is 5.40. The Balaban J connectivity index is 1.12. The highest BCUT2D eigenvalue weighted by Gasteiger charge is 2.24. The third kappa shape index (κ3) is 7.34. The molecule has 2 aromatic carbocycles. The fraction of sp³-hybridized carbons (Fsp3) is 0.452. The molecule has 0 radical (unpaired) electrons. The number of anilines is 1. The molecule has 1 N–H and O–H groups in total. The Hall–Kier alpha value is -3.49. The van der Waals surface area contributed by atoms with E-state index in [0.29, 0.717) is 38.7 Å². The minimum Gasteiger partial charge on any atom is -0.339 e. The zero-order valence-corrected chi connectivity index (χ0v) is 23.0. The second kappa shape index (κ2) is 13.0. The van der Waals surface area contributed by atoms with Crippen LogP contribution in [-0.4, -0.2) is 82.9 Å². The lowest BCUT2D eigenvalue weighted by Gasteiger charge is -2.36. The number of rotatable bonds is 9. The second-order valence-electron chi connectivity index (χ2n) is 10.7. The first-order valence-corrected chi connectivity index (χ1v) is 14.3. The van der Waals surface area contributed by atoms with Crippen LogP contribution in [0, 0.1) is 0 Å². The topological polar surface area (TPSA) is 75.8 Å². The molecule has 206 valence electrons. The number of piperazine rings is 2. The number of unbranched alkanes of at least 4 members (excludes halogenated alkanes) is 1. The van der Waals surface area contributed by atoms with Gasteiger partial charge in [0.2, 0.25) is 5.95 Å². The number of hydrogen-bond donors (Lipinski definition) is 1. The number of carbonyl (C=O) groups excluding carboxylic acids is 1. The molecule has 8 heteroatoms. The number of nitrogens with zero attached hydrogens (tertiary/aromatic N) is 5. The molecule has 2 aliphatic rings. The first-order valence-electron chi connectivity index (χ1n) is 14.3. The molecular formula is C31H40N6O2. The summed E-state index contributed by atoms with van der Waals surface area (Å²) in [6.45, 7) is 10.2. The molecule has 1 aromatic heterocycles. The van der Waals surface area contributed by atoms with Gasteiger partial charge in [0.05, 0.1) is 5.69 Å². The molecule has 2 fully saturated rings. The molecule has 3 aromatic rings. The molecule has 0 unspecified atom stereocenters. The number of aromatic amines is 1. The molecule has 0 saturated carbocycles. The summed E-state index contributed by atoms with van der Waals surface area (Å²) < 4.78 is 0. The van der Waals surface area contributed by atoms with Crippen molar-refractivity contribution in [3.63, 3.8) is 0 Å². The Bertz CT molecular complexity index is 1260. The quantitative estimate of drug-likeness (QED) is 0.459. The standard InChI is InChI=1S/C31H40N6O2/c1-2-3-7-25-10-12-27(13-11-25)30(39)36-18-20-37(21-19-36)31-32-28(22-29(38)33-31)24-35-16-14-34(15-17-35)23-26-8-5-4-6-9-26/h4-6,8-13,22H,2-3,7,14-21,23-24H2,1H3,(H,32,33,38). The summed E-state index contributed by atoms with van der Waals surface area (Å²) in [6.07, 6.45) is 3.39. The van der Waals surface area contributed by atoms with E-state index < -0.39 is 0 Å². The molecule has 0 atom stereocenters. The molecular weight excluding hydrogens is 488 g/mol. The van der Waals surface area contributed by atoms with Gasteiger partial charge in [-0.15, -0.1) is 0 Å². The van der Waals surface area contributed by atoms with Crippen molar-refractivity contribution in [3.8, 4) is 0 Å². The number of nitrogens with one attached hydrogen (secondary N) is 1. The van der Waals surface area contributed by atoms with Gasteiger partial charge in [-0.3, -0.25) is 24.4 Å². The van der Waals surface area contributed by atoms with Crippen LogP contribution in [0.1, 0.15) is 46.9 Å². The number of benzene rings is 2. The third-order valence-electron chi connectivity index (χ3n) is 7.77. The lowest BCUT2D eigenvalue weighted by atomic mass is 10.1. The summed E-state index contributed by atoms with van der Waals surface area (Å²) in [4.78, 5) is 42.1. The highest BCUT2D eigenvalue weighted by molar-refractivity contribution is 5.94. The van der Waals surface area contributed by atoms with Gasteiger partial charge < -0.3 is 9.80 Å². The van der Waals surface area contributed by atoms with Crippen LogP contribution in [0.3, 0.4) is 0 Å². The van der Waals surface area contributed by atoms with Crippen molar-refractivity contribution in [1.82, 2.24) is 24.7 Å². The first kappa shape index (κ1) is 27.1. The van der Waals surface area contributed by atoms with Gasteiger partial charge in [-0.2, -0.15) is 0 Å². The zero-order chi connectivity index (χ0) is 27.0. The number of aromatic nitrogens is 2. The monoisotopic (exact) mass is 528 g/mol. The first-order chi connectivity index (χ1) is 19.1. The van der Waals surface area contributed by atoms with Gasteiger partial charge in [0.1, 0.15) is 0 Å². The largest absolute Gasteiger partial charge is 0.339 e. The molecule has 3 heterocycles. The highest BCUT2D eigenvalue weighted by atomic mass is 16.2. The van der Waals surface area contributed by atoms with E-state index in [1.165, 1.54) is 17.5 Å². The van der Waals surface area contributed by atoms with E-state index in [4.69, 9.17) is 4.98 Å². The van der Waals surface area contributed by atoms with Gasteiger partial charge in [-0.25, -0.2) is 4.98 Å². The van der Waals surface area contributed by atoms with Crippen molar-refractivity contribution in [1.29, 1.82) is 0 Å². The number of amides is 1. The van der Waals surface area contributed by atoms with Crippen molar-refractivity contribution >= 4 is 11.9 Å². The molecule has 0 spiro atoms. The van der Waals surface area contributed by atoms with Gasteiger partial charge >= 0.3 is 0 Å². The smallest absolute Gasteiger partial charge is 0.253 e. The van der Waals surface area contributed by atoms with Gasteiger partial charge in [0, 0.05) is 77.1 Å². The molecule has 0 aliphatic carbocycles. The number of aryl methyl sites for hydroxylation is 1. The summed E-state index contributed by atoms with van der Waals surface area (Å²) in [5, 5.41) is 0. The summed E-state index contributed by atoms with van der Waals surface area (Å²) in [5.41, 5.74) is 4.03. The number of carbonyl (C=O) groups is 1. The van der Waals surface area contributed by atoms with Gasteiger partial charge in [0.15, 0.2) is 0 Å². The molecule has 2 aliphatic heterocycles. The number of H-pyrrole nitrogens is 1. The molecule has 39 heavy (non-hydrogen) atoms. The summed E-state index contributed by atoms with van der Waals surface area (Å²) in [7, 11) is 0. The minimum absolute atomic E-state index is 0.0679. The summed E-state index contributed by atoms with van der Waals surface area (Å²) >= 11 is 0. The lowest BCUT2D eigenvalue weighted by molar-refractivity contribution is 0.0746. The second-order valence-corrected chi connectivity index (χ2v) is 10.7. The zero-order valence-electron chi connectivity index (χ0n) is 23.0. The van der Waals surface area contributed by atoms with Crippen molar-refractivity contribution in [2.75, 3.05) is 57.3 Å². The van der Waals surface area contributed by atoms with Crippen LogP contribution in [0.2, 0.25) is 0 Å². The van der Waals surface area contributed by atoms with Crippen LogP contribution in [0.5, 0.6) is 0 Å². The van der Waals surface area contributed by atoms with Crippen molar-refractivity contribution < 1.29 is 4.79 Å². The van der Waals surface area contributed by atoms with E-state index in [2.05, 4.69) is 69.1 Å². The molecule has 2 saturated heterocycles. The van der Waals surface area contributed by atoms with E-state index in [9.17, 15) is 9.59 Å². The predicted octanol–water partition coefficient (Wildman–Crippen LogP) is 3.39. The fourth-order valence-corrected chi connectivity index (χ4v) is 5.40. The van der Waals surface area contributed by atoms with Gasteiger partial charge in [-0.05, 0) is 36.1 Å². The Labute approximate surface area is 231 Å². The summed E-state index contributed by atoms with van der Waals surface area (Å²) in [6, 6.07) is 20.2. The van der Waals surface area contributed by atoms with Crippen LogP contribution in [-0.2, 0) is 19.5 Å². The molecule has 5 rings (SSSR count). The van der Waals surface area contributed by atoms with Crippen molar-refractivity contribution in [2.45, 2.75) is 39.3 Å². The van der Waals surface area contributed by atoms with Gasteiger partial charge in [-0.1, -0.05) is 55.8 Å². The maximum atomic E-state index is 13.0.